The van der Waals surface area contributed by atoms with Gasteiger partial charge in [0.05, 0.1) is 5.69 Å². The fourth-order valence-corrected chi connectivity index (χ4v) is 3.70. The predicted molar refractivity (Wildman–Crippen MR) is 117 cm³/mol. The van der Waals surface area contributed by atoms with Crippen molar-refractivity contribution >= 4 is 6.08 Å². The van der Waals surface area contributed by atoms with E-state index in [2.05, 4.69) is 93.7 Å². The Labute approximate surface area is 168 Å². The minimum atomic E-state index is 0.987. The topological polar surface area (TPSA) is 19.4 Å². The molecule has 1 aliphatic rings. The van der Waals surface area contributed by atoms with Crippen LogP contribution in [0.2, 0.25) is 0 Å². The number of hydrogen-bond donors (Lipinski definition) is 0. The molecule has 28 heavy (non-hydrogen) atoms. The molecule has 3 aromatic rings. The Kier molecular flexibility index (Phi) is 6.28. The van der Waals surface area contributed by atoms with Crippen LogP contribution in [-0.4, -0.2) is 47.5 Å². The van der Waals surface area contributed by atoms with E-state index < -0.39 is 0 Å². The second kappa shape index (κ2) is 9.45. The molecule has 0 radical (unpaired) electrons. The molecular weight excluding hydrogens is 342 g/mol. The SMILES string of the molecule is C(=Cc1ccccc1)CN1CCN(Cc2ccccc2-c2ccccn2)CC1. The maximum absolute atomic E-state index is 4.54. The van der Waals surface area contributed by atoms with Crippen LogP contribution >= 0.6 is 0 Å². The Bertz CT molecular complexity index is 882. The molecule has 0 atom stereocenters. The zero-order chi connectivity index (χ0) is 19.0. The maximum Gasteiger partial charge on any atom is 0.0705 e. The van der Waals surface area contributed by atoms with Gasteiger partial charge in [0, 0.05) is 51.0 Å². The van der Waals surface area contributed by atoms with Crippen LogP contribution in [0.1, 0.15) is 11.1 Å². The monoisotopic (exact) mass is 369 g/mol. The second-order valence-electron chi connectivity index (χ2n) is 7.26. The molecule has 142 valence electrons. The molecule has 0 bridgehead atoms. The number of hydrogen-bond acceptors (Lipinski definition) is 3. The van der Waals surface area contributed by atoms with Gasteiger partial charge >= 0.3 is 0 Å². The molecule has 0 N–H and O–H groups in total. The molecule has 0 aliphatic carbocycles. The lowest BCUT2D eigenvalue weighted by molar-refractivity contribution is 0.137. The van der Waals surface area contributed by atoms with Gasteiger partial charge in [-0.05, 0) is 23.3 Å². The van der Waals surface area contributed by atoms with Crippen LogP contribution in [0.3, 0.4) is 0 Å². The average molecular weight is 370 g/mol. The van der Waals surface area contributed by atoms with Gasteiger partial charge < -0.3 is 0 Å². The molecular formula is C25H27N3. The fraction of sp³-hybridized carbons (Fsp3) is 0.240. The van der Waals surface area contributed by atoms with E-state index in [-0.39, 0.29) is 0 Å². The summed E-state index contributed by atoms with van der Waals surface area (Å²) in [7, 11) is 0. The molecule has 1 aliphatic heterocycles. The largest absolute Gasteiger partial charge is 0.297 e. The first kappa shape index (κ1) is 18.6. The Morgan fingerprint density at radius 3 is 2.25 bits per heavy atom. The van der Waals surface area contributed by atoms with Gasteiger partial charge in [0.2, 0.25) is 0 Å². The van der Waals surface area contributed by atoms with E-state index in [4.69, 9.17) is 0 Å². The highest BCUT2D eigenvalue weighted by Crippen LogP contribution is 2.23. The van der Waals surface area contributed by atoms with Gasteiger partial charge in [-0.2, -0.15) is 0 Å². The van der Waals surface area contributed by atoms with E-state index in [9.17, 15) is 0 Å². The molecule has 1 fully saturated rings. The van der Waals surface area contributed by atoms with E-state index in [0.717, 1.165) is 45.0 Å². The summed E-state index contributed by atoms with van der Waals surface area (Å²) in [6, 6.07) is 25.3. The summed E-state index contributed by atoms with van der Waals surface area (Å²) in [5.41, 5.74) is 4.94. The van der Waals surface area contributed by atoms with E-state index in [1.54, 1.807) is 0 Å². The number of benzene rings is 2. The third kappa shape index (κ3) is 4.94. The summed E-state index contributed by atoms with van der Waals surface area (Å²) in [5.74, 6) is 0. The summed E-state index contributed by atoms with van der Waals surface area (Å²) < 4.78 is 0. The second-order valence-corrected chi connectivity index (χ2v) is 7.26. The maximum atomic E-state index is 4.54. The van der Waals surface area contributed by atoms with E-state index in [1.165, 1.54) is 16.7 Å². The van der Waals surface area contributed by atoms with Crippen LogP contribution in [0.25, 0.3) is 17.3 Å². The van der Waals surface area contributed by atoms with Crippen LogP contribution in [0.5, 0.6) is 0 Å². The summed E-state index contributed by atoms with van der Waals surface area (Å²) >= 11 is 0. The number of aromatic nitrogens is 1. The fourth-order valence-electron chi connectivity index (χ4n) is 3.70. The molecule has 3 heteroatoms. The molecule has 0 spiro atoms. The van der Waals surface area contributed by atoms with Crippen molar-refractivity contribution in [1.29, 1.82) is 0 Å². The van der Waals surface area contributed by atoms with Gasteiger partial charge in [0.1, 0.15) is 0 Å². The zero-order valence-electron chi connectivity index (χ0n) is 16.2. The lowest BCUT2D eigenvalue weighted by Gasteiger charge is -2.34. The van der Waals surface area contributed by atoms with Crippen molar-refractivity contribution in [2.24, 2.45) is 0 Å². The van der Waals surface area contributed by atoms with Gasteiger partial charge in [-0.3, -0.25) is 14.8 Å². The number of piperazine rings is 1. The minimum absolute atomic E-state index is 0.987. The Hall–Kier alpha value is -2.75. The summed E-state index contributed by atoms with van der Waals surface area (Å²) in [5, 5.41) is 0. The van der Waals surface area contributed by atoms with Crippen molar-refractivity contribution in [2.45, 2.75) is 6.54 Å². The van der Waals surface area contributed by atoms with Gasteiger partial charge in [0.15, 0.2) is 0 Å². The van der Waals surface area contributed by atoms with Crippen molar-refractivity contribution in [1.82, 2.24) is 14.8 Å². The van der Waals surface area contributed by atoms with Crippen molar-refractivity contribution in [3.8, 4) is 11.3 Å². The van der Waals surface area contributed by atoms with Crippen molar-refractivity contribution in [3.05, 3.63) is 96.2 Å². The molecule has 2 aromatic carbocycles. The van der Waals surface area contributed by atoms with Crippen LogP contribution in [-0.2, 0) is 6.54 Å². The average Bonchev–Trinajstić information content (AvgIpc) is 2.77. The van der Waals surface area contributed by atoms with Gasteiger partial charge in [-0.25, -0.2) is 0 Å². The number of nitrogens with zero attached hydrogens (tertiary/aromatic N) is 3. The molecule has 2 heterocycles. The standard InChI is InChI=1S/C25H27N3/c1-2-9-22(10-3-1)11-8-16-27-17-19-28(20-18-27)21-23-12-4-5-13-24(23)25-14-6-7-15-26-25/h1-15H,16-21H2. The van der Waals surface area contributed by atoms with Crippen LogP contribution in [0.15, 0.2) is 85.1 Å². The van der Waals surface area contributed by atoms with E-state index in [0.29, 0.717) is 0 Å². The molecule has 4 rings (SSSR count). The Morgan fingerprint density at radius 1 is 0.750 bits per heavy atom. The summed E-state index contributed by atoms with van der Waals surface area (Å²) in [6.07, 6.45) is 6.37. The van der Waals surface area contributed by atoms with Crippen molar-refractivity contribution < 1.29 is 0 Å². The molecule has 0 unspecified atom stereocenters. The first-order valence-corrected chi connectivity index (χ1v) is 10.0. The molecule has 3 nitrogen and oxygen atoms in total. The third-order valence-electron chi connectivity index (χ3n) is 5.29. The minimum Gasteiger partial charge on any atom is -0.297 e. The Balaban J connectivity index is 1.31. The third-order valence-corrected chi connectivity index (χ3v) is 5.29. The summed E-state index contributed by atoms with van der Waals surface area (Å²) in [6.45, 7) is 6.45. The van der Waals surface area contributed by atoms with Crippen molar-refractivity contribution in [3.63, 3.8) is 0 Å². The van der Waals surface area contributed by atoms with Gasteiger partial charge in [-0.15, -0.1) is 0 Å². The first-order chi connectivity index (χ1) is 13.9. The molecule has 0 saturated carbocycles. The number of pyridine rings is 1. The smallest absolute Gasteiger partial charge is 0.0705 e. The highest BCUT2D eigenvalue weighted by atomic mass is 15.3. The lowest BCUT2D eigenvalue weighted by Crippen LogP contribution is -2.45. The van der Waals surface area contributed by atoms with E-state index in [1.807, 2.05) is 12.3 Å². The first-order valence-electron chi connectivity index (χ1n) is 10.0. The molecule has 0 amide bonds. The normalized spacial score (nSPS) is 15.9. The van der Waals surface area contributed by atoms with Crippen molar-refractivity contribution in [2.75, 3.05) is 32.7 Å². The van der Waals surface area contributed by atoms with Crippen LogP contribution in [0, 0.1) is 0 Å². The predicted octanol–water partition coefficient (Wildman–Crippen LogP) is 4.58. The molecule has 1 aromatic heterocycles. The summed E-state index contributed by atoms with van der Waals surface area (Å²) in [4.78, 5) is 9.62. The lowest BCUT2D eigenvalue weighted by atomic mass is 10.0. The highest BCUT2D eigenvalue weighted by molar-refractivity contribution is 5.63. The van der Waals surface area contributed by atoms with Gasteiger partial charge in [-0.1, -0.05) is 72.8 Å². The van der Waals surface area contributed by atoms with Crippen LogP contribution in [0.4, 0.5) is 0 Å². The van der Waals surface area contributed by atoms with E-state index >= 15 is 0 Å². The Morgan fingerprint density at radius 2 is 1.46 bits per heavy atom. The molecule has 1 saturated heterocycles. The van der Waals surface area contributed by atoms with Crippen LogP contribution < -0.4 is 0 Å². The zero-order valence-corrected chi connectivity index (χ0v) is 16.2. The quantitative estimate of drug-likeness (QED) is 0.634. The van der Waals surface area contributed by atoms with Gasteiger partial charge in [0.25, 0.3) is 0 Å². The number of rotatable bonds is 6. The highest BCUT2D eigenvalue weighted by Gasteiger charge is 2.17.